The normalized spacial score (nSPS) is 10.8. The van der Waals surface area contributed by atoms with Gasteiger partial charge in [-0.15, -0.1) is 0 Å². The summed E-state index contributed by atoms with van der Waals surface area (Å²) < 4.78 is 3.32. The van der Waals surface area contributed by atoms with Gasteiger partial charge in [0.2, 0.25) is 0 Å². The highest BCUT2D eigenvalue weighted by Crippen LogP contribution is 2.41. The van der Waals surface area contributed by atoms with E-state index in [0.29, 0.717) is 11.0 Å². The summed E-state index contributed by atoms with van der Waals surface area (Å²) in [7, 11) is 0. The molecule has 2 heterocycles. The number of benzene rings is 2. The van der Waals surface area contributed by atoms with Gasteiger partial charge in [0.25, 0.3) is 0 Å². The Bertz CT molecular complexity index is 1250. The largest absolute Gasteiger partial charge is 0.478 e. The van der Waals surface area contributed by atoms with Crippen molar-refractivity contribution in [1.82, 2.24) is 19.9 Å². The van der Waals surface area contributed by atoms with Crippen molar-refractivity contribution in [3.63, 3.8) is 0 Å². The molecule has 0 spiro atoms. The zero-order valence-electron chi connectivity index (χ0n) is 12.9. The summed E-state index contributed by atoms with van der Waals surface area (Å²) in [5, 5.41) is 8.65. The van der Waals surface area contributed by atoms with Gasteiger partial charge in [-0.1, -0.05) is 0 Å². The number of carboxylic acids is 1. The lowest BCUT2D eigenvalue weighted by Crippen LogP contribution is -1.99. The minimum Gasteiger partial charge on any atom is -0.478 e. The number of halogens is 4. The number of carboxylic acid groups (broad SMARTS) is 1. The quantitative estimate of drug-likeness (QED) is 0.157. The second-order valence-corrected chi connectivity index (χ2v) is 8.40. The Morgan fingerprint density at radius 2 is 1.22 bits per heavy atom. The maximum Gasteiger partial charge on any atom is 0.335 e. The van der Waals surface area contributed by atoms with Crippen LogP contribution in [0.2, 0.25) is 0 Å². The number of rotatable bonds is 1. The standard InChI is InChI=1S/C8H6N2O3.C7H2Br4N2O/c11-7(12)4-1-2-5-6(3-4)10-8(13)9-5;8-1-2(9)4(11)6-5(3(1)10)12-7(14)13-6/h1-3H,(H,11,12)(H2,9,10,13);(H2,12,13,14). The highest BCUT2D eigenvalue weighted by atomic mass is 79.9. The molecule has 0 amide bonds. The minimum atomic E-state index is -1.01. The van der Waals surface area contributed by atoms with Crippen LogP contribution in [0.4, 0.5) is 0 Å². The van der Waals surface area contributed by atoms with E-state index in [1.165, 1.54) is 12.1 Å². The Labute approximate surface area is 183 Å². The second kappa shape index (κ2) is 7.78. The number of fused-ring (bicyclic) bond motifs is 2. The molecule has 0 bridgehead atoms. The summed E-state index contributed by atoms with van der Waals surface area (Å²) in [6.07, 6.45) is 0. The lowest BCUT2D eigenvalue weighted by atomic mass is 10.2. The van der Waals surface area contributed by atoms with Gasteiger partial charge < -0.3 is 25.0 Å². The number of imidazole rings is 2. The molecule has 2 aromatic heterocycles. The fraction of sp³-hybridized carbons (Fsp3) is 0. The molecule has 140 valence electrons. The molecule has 0 aliphatic heterocycles. The molecule has 0 aliphatic carbocycles. The summed E-state index contributed by atoms with van der Waals surface area (Å²) in [5.41, 5.74) is 2.17. The maximum atomic E-state index is 11.1. The van der Waals surface area contributed by atoms with Gasteiger partial charge in [0, 0.05) is 8.95 Å². The van der Waals surface area contributed by atoms with Crippen molar-refractivity contribution in [2.24, 2.45) is 0 Å². The van der Waals surface area contributed by atoms with Gasteiger partial charge in [-0.3, -0.25) is 0 Å². The molecule has 12 heteroatoms. The summed E-state index contributed by atoms with van der Waals surface area (Å²) in [6.45, 7) is 0. The number of aromatic carboxylic acids is 1. The number of H-pyrrole nitrogens is 4. The van der Waals surface area contributed by atoms with E-state index in [0.717, 1.165) is 28.9 Å². The van der Waals surface area contributed by atoms with Crippen LogP contribution in [0.3, 0.4) is 0 Å². The average molecular weight is 628 g/mol. The SMILES string of the molecule is O=C(O)c1ccc2[nH]c(=O)[nH]c2c1.O=c1[nH]c2c(Br)c(Br)c(Br)c(Br)c2[nH]1. The molecule has 8 nitrogen and oxygen atoms in total. The Balaban J connectivity index is 0.000000156. The maximum absolute atomic E-state index is 11.1. The van der Waals surface area contributed by atoms with Crippen LogP contribution in [-0.4, -0.2) is 31.0 Å². The molecule has 4 rings (SSSR count). The highest BCUT2D eigenvalue weighted by molar-refractivity contribution is 9.15. The van der Waals surface area contributed by atoms with E-state index in [-0.39, 0.29) is 16.9 Å². The number of aromatic amines is 4. The van der Waals surface area contributed by atoms with Crippen molar-refractivity contribution in [2.75, 3.05) is 0 Å². The molecular weight excluding hydrogens is 620 g/mol. The van der Waals surface area contributed by atoms with E-state index in [1.54, 1.807) is 6.07 Å². The van der Waals surface area contributed by atoms with Gasteiger partial charge in [0.1, 0.15) is 0 Å². The van der Waals surface area contributed by atoms with Crippen LogP contribution in [0.15, 0.2) is 45.7 Å². The molecule has 0 unspecified atom stereocenters. The third-order valence-corrected chi connectivity index (χ3v) is 8.28. The first-order valence-electron chi connectivity index (χ1n) is 7.08. The van der Waals surface area contributed by atoms with Crippen molar-refractivity contribution < 1.29 is 9.90 Å². The second-order valence-electron chi connectivity index (χ2n) is 5.23. The van der Waals surface area contributed by atoms with E-state index >= 15 is 0 Å². The average Bonchev–Trinajstić information content (AvgIpc) is 3.19. The van der Waals surface area contributed by atoms with Gasteiger partial charge in [-0.25, -0.2) is 14.4 Å². The van der Waals surface area contributed by atoms with Gasteiger partial charge in [-0.2, -0.15) is 0 Å². The fourth-order valence-electron chi connectivity index (χ4n) is 2.29. The summed E-state index contributed by atoms with van der Waals surface area (Å²) in [4.78, 5) is 42.9. The Morgan fingerprint density at radius 1 is 0.741 bits per heavy atom. The molecule has 0 radical (unpaired) electrons. The molecule has 0 fully saturated rings. The number of carbonyl (C=O) groups is 1. The molecule has 0 saturated carbocycles. The Hall–Kier alpha value is -1.63. The third kappa shape index (κ3) is 3.98. The smallest absolute Gasteiger partial charge is 0.335 e. The fourth-order valence-corrected chi connectivity index (χ4v) is 4.61. The number of nitrogens with one attached hydrogen (secondary N) is 4. The van der Waals surface area contributed by atoms with E-state index in [1.807, 2.05) is 0 Å². The highest BCUT2D eigenvalue weighted by Gasteiger charge is 2.15. The molecule has 5 N–H and O–H groups in total. The lowest BCUT2D eigenvalue weighted by Gasteiger charge is -2.04. The predicted molar refractivity (Wildman–Crippen MR) is 116 cm³/mol. The molecule has 0 atom stereocenters. The summed E-state index contributed by atoms with van der Waals surface area (Å²) in [5.74, 6) is -1.01. The van der Waals surface area contributed by atoms with Crippen LogP contribution in [0, 0.1) is 0 Å². The van der Waals surface area contributed by atoms with Gasteiger partial charge in [-0.05, 0) is 81.9 Å². The van der Waals surface area contributed by atoms with Crippen molar-refractivity contribution in [2.45, 2.75) is 0 Å². The monoisotopic (exact) mass is 624 g/mol. The first-order chi connectivity index (χ1) is 12.7. The first-order valence-corrected chi connectivity index (χ1v) is 10.3. The molecule has 27 heavy (non-hydrogen) atoms. The van der Waals surface area contributed by atoms with Gasteiger partial charge in [0.15, 0.2) is 0 Å². The van der Waals surface area contributed by atoms with Crippen LogP contribution < -0.4 is 11.4 Å². The van der Waals surface area contributed by atoms with Crippen molar-refractivity contribution in [3.05, 3.63) is 62.6 Å². The van der Waals surface area contributed by atoms with Crippen LogP contribution in [0.5, 0.6) is 0 Å². The summed E-state index contributed by atoms with van der Waals surface area (Å²) in [6, 6.07) is 4.40. The lowest BCUT2D eigenvalue weighted by molar-refractivity contribution is 0.0697. The number of aromatic nitrogens is 4. The topological polar surface area (TPSA) is 135 Å². The van der Waals surface area contributed by atoms with E-state index < -0.39 is 5.97 Å². The zero-order valence-corrected chi connectivity index (χ0v) is 19.3. The Kier molecular flexibility index (Phi) is 5.79. The Morgan fingerprint density at radius 3 is 1.74 bits per heavy atom. The van der Waals surface area contributed by atoms with Crippen LogP contribution in [-0.2, 0) is 0 Å². The van der Waals surface area contributed by atoms with Crippen LogP contribution >= 0.6 is 63.7 Å². The van der Waals surface area contributed by atoms with Crippen molar-refractivity contribution >= 4 is 91.8 Å². The molecule has 0 saturated heterocycles. The van der Waals surface area contributed by atoms with E-state index in [4.69, 9.17) is 5.11 Å². The molecule has 4 aromatic rings. The number of hydrogen-bond donors (Lipinski definition) is 5. The first kappa shape index (κ1) is 20.1. The van der Waals surface area contributed by atoms with Crippen LogP contribution in [0.1, 0.15) is 10.4 Å². The molecule has 2 aromatic carbocycles. The van der Waals surface area contributed by atoms with Crippen molar-refractivity contribution in [3.8, 4) is 0 Å². The predicted octanol–water partition coefficient (Wildman–Crippen LogP) is 4.46. The summed E-state index contributed by atoms with van der Waals surface area (Å²) >= 11 is 13.6. The molecule has 0 aliphatic rings. The molecular formula is C15H8Br4N4O4. The number of hydrogen-bond acceptors (Lipinski definition) is 3. The van der Waals surface area contributed by atoms with Gasteiger partial charge >= 0.3 is 17.3 Å². The zero-order chi connectivity index (χ0) is 19.9. The van der Waals surface area contributed by atoms with E-state index in [2.05, 4.69) is 83.7 Å². The van der Waals surface area contributed by atoms with Gasteiger partial charge in [0.05, 0.1) is 36.6 Å². The van der Waals surface area contributed by atoms with E-state index in [9.17, 15) is 14.4 Å². The third-order valence-electron chi connectivity index (χ3n) is 3.51. The van der Waals surface area contributed by atoms with Crippen molar-refractivity contribution in [1.29, 1.82) is 0 Å². The minimum absolute atomic E-state index is 0.155. The van der Waals surface area contributed by atoms with Crippen LogP contribution in [0.25, 0.3) is 22.1 Å².